The fourth-order valence-electron chi connectivity index (χ4n) is 3.06. The van der Waals surface area contributed by atoms with Crippen LogP contribution in [0.3, 0.4) is 0 Å². The van der Waals surface area contributed by atoms with Gasteiger partial charge in [0.15, 0.2) is 0 Å². The Morgan fingerprint density at radius 3 is 2.74 bits per heavy atom. The average molecular weight is 255 g/mol. The number of nitrogens with two attached hydrogens (primary N) is 1. The molecule has 100 valence electrons. The van der Waals surface area contributed by atoms with Gasteiger partial charge in [-0.15, -0.1) is 0 Å². The van der Waals surface area contributed by atoms with Crippen LogP contribution in [0.25, 0.3) is 10.9 Å². The summed E-state index contributed by atoms with van der Waals surface area (Å²) in [7, 11) is 0. The lowest BCUT2D eigenvalue weighted by atomic mass is 10.0. The molecule has 1 aliphatic rings. The number of rotatable bonds is 3. The molecule has 3 nitrogen and oxygen atoms in total. The Labute approximate surface area is 114 Å². The summed E-state index contributed by atoms with van der Waals surface area (Å²) in [6.45, 7) is 2.16. The third-order valence-electron chi connectivity index (χ3n) is 4.23. The molecule has 3 heteroatoms. The van der Waals surface area contributed by atoms with E-state index in [0.29, 0.717) is 5.92 Å². The fourth-order valence-corrected chi connectivity index (χ4v) is 3.06. The van der Waals surface area contributed by atoms with Gasteiger partial charge in [0, 0.05) is 17.0 Å². The molecule has 1 aliphatic carbocycles. The van der Waals surface area contributed by atoms with E-state index in [1.807, 2.05) is 0 Å². The minimum absolute atomic E-state index is 0.613. The lowest BCUT2D eigenvalue weighted by molar-refractivity contribution is 0.701. The number of nitrogens with zero attached hydrogens (tertiary/aromatic N) is 1. The van der Waals surface area contributed by atoms with E-state index in [2.05, 4.69) is 36.6 Å². The van der Waals surface area contributed by atoms with Crippen LogP contribution >= 0.6 is 0 Å². The third-order valence-corrected chi connectivity index (χ3v) is 4.23. The largest absolute Gasteiger partial charge is 0.323 e. The van der Waals surface area contributed by atoms with Crippen molar-refractivity contribution in [3.05, 3.63) is 35.5 Å². The summed E-state index contributed by atoms with van der Waals surface area (Å²) in [4.78, 5) is 4.85. The van der Waals surface area contributed by atoms with E-state index in [4.69, 9.17) is 10.8 Å². The van der Waals surface area contributed by atoms with Crippen molar-refractivity contribution >= 4 is 16.6 Å². The van der Waals surface area contributed by atoms with Crippen LogP contribution < -0.4 is 11.3 Å². The van der Waals surface area contributed by atoms with Gasteiger partial charge >= 0.3 is 0 Å². The summed E-state index contributed by atoms with van der Waals surface area (Å²) in [5.41, 5.74) is 7.41. The summed E-state index contributed by atoms with van der Waals surface area (Å²) in [5.74, 6) is 6.31. The van der Waals surface area contributed by atoms with E-state index < -0.39 is 0 Å². The summed E-state index contributed by atoms with van der Waals surface area (Å²) >= 11 is 0. The molecular weight excluding hydrogens is 234 g/mol. The number of aromatic nitrogens is 1. The van der Waals surface area contributed by atoms with Crippen LogP contribution in [-0.2, 0) is 6.42 Å². The highest BCUT2D eigenvalue weighted by atomic mass is 15.2. The van der Waals surface area contributed by atoms with Gasteiger partial charge in [0.2, 0.25) is 0 Å². The van der Waals surface area contributed by atoms with Crippen molar-refractivity contribution in [2.24, 2.45) is 5.84 Å². The molecule has 19 heavy (non-hydrogen) atoms. The number of fused-ring (bicyclic) bond motifs is 1. The molecule has 0 atom stereocenters. The first-order valence-corrected chi connectivity index (χ1v) is 7.22. The first-order chi connectivity index (χ1) is 9.31. The van der Waals surface area contributed by atoms with Crippen LogP contribution in [0.15, 0.2) is 24.3 Å². The minimum atomic E-state index is 0.613. The summed E-state index contributed by atoms with van der Waals surface area (Å²) in [6, 6.07) is 8.61. The molecule has 1 saturated carbocycles. The van der Waals surface area contributed by atoms with Gasteiger partial charge in [-0.25, -0.2) is 0 Å². The van der Waals surface area contributed by atoms with Crippen LogP contribution in [0.2, 0.25) is 0 Å². The van der Waals surface area contributed by atoms with Crippen molar-refractivity contribution in [2.45, 2.75) is 44.9 Å². The zero-order valence-corrected chi connectivity index (χ0v) is 11.4. The molecule has 0 spiro atoms. The lowest BCUT2D eigenvalue weighted by Crippen LogP contribution is -2.09. The third kappa shape index (κ3) is 2.30. The molecule has 0 aliphatic heterocycles. The van der Waals surface area contributed by atoms with Crippen molar-refractivity contribution in [2.75, 3.05) is 5.43 Å². The Morgan fingerprint density at radius 2 is 2.05 bits per heavy atom. The van der Waals surface area contributed by atoms with E-state index in [1.165, 1.54) is 36.9 Å². The van der Waals surface area contributed by atoms with Gasteiger partial charge in [0.25, 0.3) is 0 Å². The van der Waals surface area contributed by atoms with Crippen LogP contribution in [0.5, 0.6) is 0 Å². The van der Waals surface area contributed by atoms with Crippen LogP contribution in [0.4, 0.5) is 5.69 Å². The number of benzene rings is 1. The zero-order chi connectivity index (χ0) is 13.2. The van der Waals surface area contributed by atoms with Gasteiger partial charge in [-0.2, -0.15) is 0 Å². The van der Waals surface area contributed by atoms with E-state index in [-0.39, 0.29) is 0 Å². The molecule has 1 aromatic heterocycles. The maximum atomic E-state index is 5.70. The standard InChI is InChI=1S/C16H21N3/c1-2-11-7-8-14-13(9-11)16(19-17)10-15(18-14)12-5-3-4-6-12/h7-10,12H,2-6,17H2,1H3,(H,18,19). The highest BCUT2D eigenvalue weighted by Gasteiger charge is 2.19. The molecule has 2 aromatic rings. The maximum absolute atomic E-state index is 5.70. The van der Waals surface area contributed by atoms with Gasteiger partial charge in [-0.1, -0.05) is 25.8 Å². The topological polar surface area (TPSA) is 50.9 Å². The number of nitrogens with one attached hydrogen (secondary N) is 1. The summed E-state index contributed by atoms with van der Waals surface area (Å²) in [6.07, 6.45) is 6.20. The van der Waals surface area contributed by atoms with Gasteiger partial charge in [0.1, 0.15) is 0 Å². The maximum Gasteiger partial charge on any atom is 0.0726 e. The number of anilines is 1. The Kier molecular flexibility index (Phi) is 3.38. The van der Waals surface area contributed by atoms with Crippen molar-refractivity contribution in [3.8, 4) is 0 Å². The number of nitrogen functional groups attached to an aromatic ring is 1. The summed E-state index contributed by atoms with van der Waals surface area (Å²) < 4.78 is 0. The number of aryl methyl sites for hydroxylation is 1. The Bertz CT molecular complexity index is 586. The SMILES string of the molecule is CCc1ccc2nc(C3CCCC3)cc(NN)c2c1. The average Bonchev–Trinajstić information content (AvgIpc) is 2.99. The molecule has 0 radical (unpaired) electrons. The monoisotopic (exact) mass is 255 g/mol. The molecule has 0 saturated heterocycles. The number of hydrazine groups is 1. The second kappa shape index (κ2) is 5.17. The van der Waals surface area contributed by atoms with E-state index in [0.717, 1.165) is 23.0 Å². The molecule has 1 fully saturated rings. The molecule has 0 bridgehead atoms. The van der Waals surface area contributed by atoms with Gasteiger partial charge in [0.05, 0.1) is 11.2 Å². The molecule has 3 N–H and O–H groups in total. The van der Waals surface area contributed by atoms with Crippen LogP contribution in [-0.4, -0.2) is 4.98 Å². The van der Waals surface area contributed by atoms with Crippen LogP contribution in [0.1, 0.15) is 49.8 Å². The first kappa shape index (κ1) is 12.4. The van der Waals surface area contributed by atoms with Crippen molar-refractivity contribution in [3.63, 3.8) is 0 Å². The molecule has 3 rings (SSSR count). The molecule has 0 amide bonds. The minimum Gasteiger partial charge on any atom is -0.323 e. The van der Waals surface area contributed by atoms with Crippen LogP contribution in [0, 0.1) is 0 Å². The highest BCUT2D eigenvalue weighted by molar-refractivity contribution is 5.91. The van der Waals surface area contributed by atoms with Gasteiger partial charge in [-0.05, 0) is 43.0 Å². The predicted molar refractivity (Wildman–Crippen MR) is 80.1 cm³/mol. The molecule has 1 heterocycles. The quantitative estimate of drug-likeness (QED) is 0.649. The van der Waals surface area contributed by atoms with E-state index >= 15 is 0 Å². The second-order valence-corrected chi connectivity index (χ2v) is 5.43. The Balaban J connectivity index is 2.12. The van der Waals surface area contributed by atoms with Crippen molar-refractivity contribution in [1.82, 2.24) is 4.98 Å². The van der Waals surface area contributed by atoms with E-state index in [1.54, 1.807) is 0 Å². The van der Waals surface area contributed by atoms with Crippen molar-refractivity contribution in [1.29, 1.82) is 0 Å². The lowest BCUT2D eigenvalue weighted by Gasteiger charge is -2.14. The first-order valence-electron chi connectivity index (χ1n) is 7.22. The number of hydrogen-bond donors (Lipinski definition) is 2. The van der Waals surface area contributed by atoms with Gasteiger partial charge < -0.3 is 5.43 Å². The highest BCUT2D eigenvalue weighted by Crippen LogP contribution is 2.36. The number of pyridine rings is 1. The van der Waals surface area contributed by atoms with Gasteiger partial charge in [-0.3, -0.25) is 10.8 Å². The zero-order valence-electron chi connectivity index (χ0n) is 11.4. The Morgan fingerprint density at radius 1 is 1.26 bits per heavy atom. The van der Waals surface area contributed by atoms with Crippen molar-refractivity contribution < 1.29 is 0 Å². The van der Waals surface area contributed by atoms with E-state index in [9.17, 15) is 0 Å². The fraction of sp³-hybridized carbons (Fsp3) is 0.438. The summed E-state index contributed by atoms with van der Waals surface area (Å²) in [5, 5.41) is 1.13. The second-order valence-electron chi connectivity index (χ2n) is 5.43. The smallest absolute Gasteiger partial charge is 0.0726 e. The molecular formula is C16H21N3. The Hall–Kier alpha value is -1.61. The predicted octanol–water partition coefficient (Wildman–Crippen LogP) is 3.74. The number of hydrogen-bond acceptors (Lipinski definition) is 3. The molecule has 0 unspecified atom stereocenters. The normalized spacial score (nSPS) is 16.1. The molecule has 1 aromatic carbocycles.